The van der Waals surface area contributed by atoms with Gasteiger partial charge < -0.3 is 25.2 Å². The van der Waals surface area contributed by atoms with Gasteiger partial charge in [0.1, 0.15) is 17.5 Å². The molecule has 1 amide bonds. The second kappa shape index (κ2) is 9.67. The number of aliphatic carboxylic acids is 1. The van der Waals surface area contributed by atoms with Crippen LogP contribution in [0.4, 0.5) is 0 Å². The zero-order valence-corrected chi connectivity index (χ0v) is 18.9. The number of rotatable bonds is 7. The Morgan fingerprint density at radius 3 is 2.38 bits per heavy atom. The standard InChI is InChI=1S/C21H32N2O5.ClH/c1-12-13(2)18-15(14(3)17(12)24)9-10-21(4,28-18)20(27)22-16(19(25)26)8-7-11-23(5)6;/h16,24H,7-11H2,1-6H3,(H,22,27)(H,25,26);1H. The lowest BCUT2D eigenvalue weighted by molar-refractivity contribution is -0.146. The molecule has 1 aliphatic rings. The molecule has 0 bridgehead atoms. The van der Waals surface area contributed by atoms with Gasteiger partial charge in [-0.05, 0) is 84.3 Å². The first-order chi connectivity index (χ1) is 13.0. The number of phenolic OH excluding ortho intramolecular Hbond substituents is 1. The molecule has 29 heavy (non-hydrogen) atoms. The summed E-state index contributed by atoms with van der Waals surface area (Å²) in [6, 6.07) is -0.946. The molecule has 3 N–H and O–H groups in total. The highest BCUT2D eigenvalue weighted by Crippen LogP contribution is 2.43. The van der Waals surface area contributed by atoms with Crippen molar-refractivity contribution in [1.82, 2.24) is 10.2 Å². The second-order valence-corrected chi connectivity index (χ2v) is 8.17. The van der Waals surface area contributed by atoms with Crippen molar-refractivity contribution in [1.29, 1.82) is 0 Å². The van der Waals surface area contributed by atoms with Gasteiger partial charge in [-0.15, -0.1) is 12.4 Å². The van der Waals surface area contributed by atoms with Crippen molar-refractivity contribution in [2.75, 3.05) is 20.6 Å². The molecule has 2 atom stereocenters. The number of aromatic hydroxyl groups is 1. The molecular weight excluding hydrogens is 396 g/mol. The lowest BCUT2D eigenvalue weighted by Crippen LogP contribution is -2.55. The van der Waals surface area contributed by atoms with Crippen molar-refractivity contribution in [2.24, 2.45) is 0 Å². The molecule has 0 aliphatic carbocycles. The summed E-state index contributed by atoms with van der Waals surface area (Å²) in [4.78, 5) is 26.5. The molecule has 1 heterocycles. The number of carboxylic acid groups (broad SMARTS) is 1. The summed E-state index contributed by atoms with van der Waals surface area (Å²) in [6.45, 7) is 7.97. The maximum Gasteiger partial charge on any atom is 0.326 e. The highest BCUT2D eigenvalue weighted by Gasteiger charge is 2.42. The van der Waals surface area contributed by atoms with E-state index in [1.165, 1.54) is 0 Å². The Balaban J connectivity index is 0.00000420. The second-order valence-electron chi connectivity index (χ2n) is 8.17. The van der Waals surface area contributed by atoms with E-state index in [1.807, 2.05) is 39.8 Å². The number of halogens is 1. The Hall–Kier alpha value is -1.99. The van der Waals surface area contributed by atoms with E-state index in [4.69, 9.17) is 4.74 Å². The van der Waals surface area contributed by atoms with Gasteiger partial charge in [0.2, 0.25) is 0 Å². The smallest absolute Gasteiger partial charge is 0.326 e. The van der Waals surface area contributed by atoms with Crippen molar-refractivity contribution < 1.29 is 24.5 Å². The molecule has 2 unspecified atom stereocenters. The topological polar surface area (TPSA) is 99.1 Å². The normalized spacial score (nSPS) is 19.0. The van der Waals surface area contributed by atoms with Crippen LogP contribution in [0.5, 0.6) is 11.5 Å². The minimum Gasteiger partial charge on any atom is -0.507 e. The van der Waals surface area contributed by atoms with Crippen LogP contribution in [0.3, 0.4) is 0 Å². The Morgan fingerprint density at radius 2 is 1.83 bits per heavy atom. The molecule has 164 valence electrons. The lowest BCUT2D eigenvalue weighted by Gasteiger charge is -2.37. The number of carbonyl (C=O) groups is 2. The maximum absolute atomic E-state index is 12.9. The summed E-state index contributed by atoms with van der Waals surface area (Å²) < 4.78 is 6.13. The monoisotopic (exact) mass is 428 g/mol. The molecule has 0 aromatic heterocycles. The Bertz CT molecular complexity index is 781. The van der Waals surface area contributed by atoms with E-state index in [0.717, 1.165) is 28.8 Å². The van der Waals surface area contributed by atoms with Gasteiger partial charge in [0.15, 0.2) is 5.60 Å². The third kappa shape index (κ3) is 5.34. The molecule has 0 fully saturated rings. The van der Waals surface area contributed by atoms with Crippen LogP contribution in [0, 0.1) is 20.8 Å². The quantitative estimate of drug-likeness (QED) is 0.617. The summed E-state index contributed by atoms with van der Waals surface area (Å²) in [5.74, 6) is -0.575. The van der Waals surface area contributed by atoms with Crippen molar-refractivity contribution in [3.63, 3.8) is 0 Å². The summed E-state index contributed by atoms with van der Waals surface area (Å²) in [5.41, 5.74) is 2.06. The van der Waals surface area contributed by atoms with Crippen LogP contribution in [-0.2, 0) is 16.0 Å². The zero-order valence-electron chi connectivity index (χ0n) is 18.1. The molecule has 7 nitrogen and oxygen atoms in total. The van der Waals surface area contributed by atoms with E-state index in [9.17, 15) is 19.8 Å². The number of amides is 1. The summed E-state index contributed by atoms with van der Waals surface area (Å²) in [7, 11) is 3.85. The fourth-order valence-electron chi connectivity index (χ4n) is 3.59. The van der Waals surface area contributed by atoms with Crippen LogP contribution in [0.25, 0.3) is 0 Å². The first-order valence-corrected chi connectivity index (χ1v) is 9.67. The van der Waals surface area contributed by atoms with E-state index in [-0.39, 0.29) is 18.2 Å². The minimum absolute atomic E-state index is 0. The summed E-state index contributed by atoms with van der Waals surface area (Å²) in [6.07, 6.45) is 2.02. The Morgan fingerprint density at radius 1 is 1.21 bits per heavy atom. The molecule has 0 spiro atoms. The molecule has 0 saturated heterocycles. The molecule has 1 aliphatic heterocycles. The number of nitrogens with zero attached hydrogens (tertiary/aromatic N) is 1. The summed E-state index contributed by atoms with van der Waals surface area (Å²) >= 11 is 0. The molecule has 0 saturated carbocycles. The molecular formula is C21H33ClN2O5. The number of fused-ring (bicyclic) bond motifs is 1. The number of phenols is 1. The van der Waals surface area contributed by atoms with Crippen molar-refractivity contribution in [3.05, 3.63) is 22.3 Å². The predicted octanol–water partition coefficient (Wildman–Crippen LogP) is 2.73. The van der Waals surface area contributed by atoms with Gasteiger partial charge in [0, 0.05) is 12.0 Å². The number of benzene rings is 1. The van der Waals surface area contributed by atoms with Crippen LogP contribution in [-0.4, -0.2) is 59.3 Å². The third-order valence-corrected chi connectivity index (χ3v) is 5.70. The molecule has 2 rings (SSSR count). The zero-order chi connectivity index (χ0) is 21.2. The van der Waals surface area contributed by atoms with Gasteiger partial charge in [-0.1, -0.05) is 0 Å². The van der Waals surface area contributed by atoms with E-state index < -0.39 is 23.5 Å². The van der Waals surface area contributed by atoms with E-state index in [1.54, 1.807) is 6.92 Å². The van der Waals surface area contributed by atoms with E-state index in [2.05, 4.69) is 5.32 Å². The number of hydrogen-bond donors (Lipinski definition) is 3. The third-order valence-electron chi connectivity index (χ3n) is 5.70. The van der Waals surface area contributed by atoms with Gasteiger partial charge in [-0.3, -0.25) is 4.79 Å². The number of nitrogens with one attached hydrogen (secondary N) is 1. The van der Waals surface area contributed by atoms with Crippen molar-refractivity contribution in [3.8, 4) is 11.5 Å². The number of ether oxygens (including phenoxy) is 1. The molecule has 1 aromatic rings. The molecule has 0 radical (unpaired) electrons. The highest BCUT2D eigenvalue weighted by molar-refractivity contribution is 5.89. The minimum atomic E-state index is -1.15. The SMILES string of the molecule is Cc1c(C)c2c(c(C)c1O)CCC(C)(C(=O)NC(CCCN(C)C)C(=O)O)O2.Cl. The average molecular weight is 429 g/mol. The van der Waals surface area contributed by atoms with Gasteiger partial charge in [-0.25, -0.2) is 4.79 Å². The van der Waals surface area contributed by atoms with Gasteiger partial charge in [0.25, 0.3) is 5.91 Å². The van der Waals surface area contributed by atoms with Gasteiger partial charge >= 0.3 is 5.97 Å². The largest absolute Gasteiger partial charge is 0.507 e. The molecule has 8 heteroatoms. The van der Waals surface area contributed by atoms with Crippen LogP contribution >= 0.6 is 12.4 Å². The fourth-order valence-corrected chi connectivity index (χ4v) is 3.59. The Labute approximate surface area is 178 Å². The first-order valence-electron chi connectivity index (χ1n) is 9.67. The summed E-state index contributed by atoms with van der Waals surface area (Å²) in [5, 5.41) is 22.4. The van der Waals surface area contributed by atoms with Crippen LogP contribution in [0.1, 0.15) is 48.4 Å². The van der Waals surface area contributed by atoms with Crippen molar-refractivity contribution in [2.45, 2.75) is 65.0 Å². The van der Waals surface area contributed by atoms with Crippen molar-refractivity contribution >= 4 is 24.3 Å². The highest BCUT2D eigenvalue weighted by atomic mass is 35.5. The number of hydrogen-bond acceptors (Lipinski definition) is 5. The number of carboxylic acids is 1. The van der Waals surface area contributed by atoms with Crippen LogP contribution in [0.2, 0.25) is 0 Å². The van der Waals surface area contributed by atoms with Crippen LogP contribution < -0.4 is 10.1 Å². The maximum atomic E-state index is 12.9. The lowest BCUT2D eigenvalue weighted by atomic mass is 9.86. The van der Waals surface area contributed by atoms with E-state index in [0.29, 0.717) is 31.4 Å². The Kier molecular flexibility index (Phi) is 8.35. The van der Waals surface area contributed by atoms with Gasteiger partial charge in [0.05, 0.1) is 0 Å². The fraction of sp³-hybridized carbons (Fsp3) is 0.619. The number of carbonyl (C=O) groups excluding carboxylic acids is 1. The van der Waals surface area contributed by atoms with E-state index >= 15 is 0 Å². The predicted molar refractivity (Wildman–Crippen MR) is 114 cm³/mol. The molecule has 1 aromatic carbocycles. The average Bonchev–Trinajstić information content (AvgIpc) is 2.63. The van der Waals surface area contributed by atoms with Gasteiger partial charge in [-0.2, -0.15) is 0 Å². The first kappa shape index (κ1) is 25.0. The van der Waals surface area contributed by atoms with Crippen LogP contribution in [0.15, 0.2) is 0 Å².